The Labute approximate surface area is 63.9 Å². The lowest BCUT2D eigenvalue weighted by molar-refractivity contribution is -0.135. The Morgan fingerprint density at radius 1 is 1.91 bits per heavy atom. The van der Waals surface area contributed by atoms with E-state index in [4.69, 9.17) is 10.8 Å². The van der Waals surface area contributed by atoms with Crippen molar-refractivity contribution < 1.29 is 9.90 Å². The predicted molar refractivity (Wildman–Crippen MR) is 41.0 cm³/mol. The van der Waals surface area contributed by atoms with Gasteiger partial charge in [0.15, 0.2) is 5.96 Å². The highest BCUT2D eigenvalue weighted by molar-refractivity contribution is 5.81. The molecule has 0 bridgehead atoms. The number of carbonyl (C=O) groups is 1. The molecule has 0 fully saturated rings. The maximum atomic E-state index is 9.95. The quantitative estimate of drug-likeness (QED) is 0.285. The number of hydrogen-bond donors (Lipinski definition) is 3. The third-order valence-electron chi connectivity index (χ3n) is 0.707. The molecular weight excluding hydrogens is 146 g/mol. The molecule has 0 aromatic rings. The summed E-state index contributed by atoms with van der Waals surface area (Å²) in [4.78, 5) is 13.4. The van der Waals surface area contributed by atoms with Crippen LogP contribution in [0.2, 0.25) is 0 Å². The molecule has 0 rings (SSSR count). The highest BCUT2D eigenvalue weighted by Gasteiger charge is 1.92. The lowest BCUT2D eigenvalue weighted by Gasteiger charge is -1.95. The number of guanidine groups is 1. The van der Waals surface area contributed by atoms with E-state index in [1.807, 2.05) is 0 Å². The van der Waals surface area contributed by atoms with Gasteiger partial charge in [0.1, 0.15) is 6.54 Å². The molecule has 0 heterocycles. The fraction of sp³-hybridized carbons (Fsp3) is 0.167. The Morgan fingerprint density at radius 2 is 2.55 bits per heavy atom. The third kappa shape index (κ3) is 6.14. The first-order valence-corrected chi connectivity index (χ1v) is 2.79. The topological polar surface area (TPSA) is 87.7 Å². The molecule has 0 aromatic carbocycles. The summed E-state index contributed by atoms with van der Waals surface area (Å²) in [6.07, 6.45) is 1.33. The van der Waals surface area contributed by atoms with Gasteiger partial charge >= 0.3 is 5.97 Å². The van der Waals surface area contributed by atoms with Crippen molar-refractivity contribution in [2.75, 3.05) is 6.54 Å². The fourth-order valence-corrected chi connectivity index (χ4v) is 0.323. The normalized spacial score (nSPS) is 10.0. The second-order valence-corrected chi connectivity index (χ2v) is 1.59. The van der Waals surface area contributed by atoms with Crippen LogP contribution in [0.15, 0.2) is 23.5 Å². The van der Waals surface area contributed by atoms with E-state index in [1.54, 1.807) is 0 Å². The standard InChI is InChI=1S/C6H9N3O2/c1-2-3-8-6(7)9-4-5(10)11/h3H,1,4H2,(H,10,11)(H3,7,8,9). The van der Waals surface area contributed by atoms with E-state index in [0.717, 1.165) is 0 Å². The molecular formula is C6H9N3O2. The molecule has 11 heavy (non-hydrogen) atoms. The summed E-state index contributed by atoms with van der Waals surface area (Å²) < 4.78 is 0. The number of aliphatic imine (C=N–C) groups is 1. The highest BCUT2D eigenvalue weighted by Crippen LogP contribution is 1.69. The van der Waals surface area contributed by atoms with Gasteiger partial charge in [-0.05, 0) is 0 Å². The summed E-state index contributed by atoms with van der Waals surface area (Å²) in [6.45, 7) is 2.91. The van der Waals surface area contributed by atoms with Crippen LogP contribution >= 0.6 is 0 Å². The largest absolute Gasteiger partial charge is 0.480 e. The lowest BCUT2D eigenvalue weighted by Crippen LogP contribution is -2.27. The van der Waals surface area contributed by atoms with Crippen LogP contribution in [0.3, 0.4) is 0 Å². The SMILES string of the molecule is C=C=CNC(N)=NCC(=O)O. The van der Waals surface area contributed by atoms with Gasteiger partial charge in [-0.15, -0.1) is 5.73 Å². The number of carboxylic acid groups (broad SMARTS) is 1. The number of rotatable bonds is 3. The van der Waals surface area contributed by atoms with Gasteiger partial charge in [0.2, 0.25) is 0 Å². The molecule has 0 aromatic heterocycles. The Kier molecular flexibility index (Phi) is 4.27. The Balaban J connectivity index is 3.80. The molecule has 0 atom stereocenters. The molecule has 0 aliphatic rings. The van der Waals surface area contributed by atoms with Gasteiger partial charge in [0.25, 0.3) is 0 Å². The number of nitrogens with two attached hydrogens (primary N) is 1. The van der Waals surface area contributed by atoms with Gasteiger partial charge in [-0.1, -0.05) is 6.58 Å². The first-order chi connectivity index (χ1) is 5.16. The van der Waals surface area contributed by atoms with Crippen molar-refractivity contribution in [1.82, 2.24) is 5.32 Å². The van der Waals surface area contributed by atoms with Crippen LogP contribution in [0, 0.1) is 0 Å². The lowest BCUT2D eigenvalue weighted by atomic mass is 10.7. The zero-order chi connectivity index (χ0) is 8.69. The van der Waals surface area contributed by atoms with Gasteiger partial charge < -0.3 is 16.2 Å². The molecule has 0 aliphatic carbocycles. The van der Waals surface area contributed by atoms with Crippen molar-refractivity contribution >= 4 is 11.9 Å². The molecule has 0 spiro atoms. The van der Waals surface area contributed by atoms with E-state index >= 15 is 0 Å². The van der Waals surface area contributed by atoms with E-state index < -0.39 is 5.97 Å². The van der Waals surface area contributed by atoms with Crippen molar-refractivity contribution in [3.05, 3.63) is 18.5 Å². The van der Waals surface area contributed by atoms with Crippen LogP contribution in [0.5, 0.6) is 0 Å². The molecule has 0 unspecified atom stereocenters. The Morgan fingerprint density at radius 3 is 3.00 bits per heavy atom. The van der Waals surface area contributed by atoms with Crippen LogP contribution in [0.4, 0.5) is 0 Å². The number of aliphatic carboxylic acids is 1. The Hall–Kier alpha value is -1.74. The van der Waals surface area contributed by atoms with Crippen LogP contribution in [-0.2, 0) is 4.79 Å². The minimum Gasteiger partial charge on any atom is -0.480 e. The average Bonchev–Trinajstić information content (AvgIpc) is 1.97. The smallest absolute Gasteiger partial charge is 0.325 e. The second-order valence-electron chi connectivity index (χ2n) is 1.59. The van der Waals surface area contributed by atoms with Crippen LogP contribution < -0.4 is 11.1 Å². The zero-order valence-electron chi connectivity index (χ0n) is 5.87. The summed E-state index contributed by atoms with van der Waals surface area (Å²) in [5, 5.41) is 10.6. The summed E-state index contributed by atoms with van der Waals surface area (Å²) >= 11 is 0. The molecule has 0 amide bonds. The molecule has 0 saturated heterocycles. The number of hydrogen-bond acceptors (Lipinski definition) is 2. The monoisotopic (exact) mass is 155 g/mol. The number of nitrogens with zero attached hydrogens (tertiary/aromatic N) is 1. The van der Waals surface area contributed by atoms with E-state index in [-0.39, 0.29) is 12.5 Å². The van der Waals surface area contributed by atoms with Crippen molar-refractivity contribution in [2.24, 2.45) is 10.7 Å². The predicted octanol–water partition coefficient (Wildman–Crippen LogP) is -0.726. The molecule has 0 radical (unpaired) electrons. The summed E-state index contributed by atoms with van der Waals surface area (Å²) in [5.41, 5.74) is 7.58. The minimum atomic E-state index is -1.03. The average molecular weight is 155 g/mol. The molecule has 60 valence electrons. The van der Waals surface area contributed by atoms with Crippen LogP contribution in [0.1, 0.15) is 0 Å². The van der Waals surface area contributed by atoms with Gasteiger partial charge in [0.05, 0.1) is 0 Å². The van der Waals surface area contributed by atoms with Crippen LogP contribution in [0.25, 0.3) is 0 Å². The number of carboxylic acids is 1. The summed E-state index contributed by atoms with van der Waals surface area (Å²) in [5.74, 6) is -0.999. The maximum Gasteiger partial charge on any atom is 0.325 e. The second kappa shape index (κ2) is 5.08. The zero-order valence-corrected chi connectivity index (χ0v) is 5.87. The molecule has 5 heteroatoms. The third-order valence-corrected chi connectivity index (χ3v) is 0.707. The van der Waals surface area contributed by atoms with Crippen LogP contribution in [-0.4, -0.2) is 23.6 Å². The van der Waals surface area contributed by atoms with Crippen molar-refractivity contribution in [2.45, 2.75) is 0 Å². The Bertz CT molecular complexity index is 216. The molecule has 4 N–H and O–H groups in total. The first-order valence-electron chi connectivity index (χ1n) is 2.79. The van der Waals surface area contributed by atoms with E-state index in [1.165, 1.54) is 6.20 Å². The van der Waals surface area contributed by atoms with Gasteiger partial charge in [0, 0.05) is 6.20 Å². The first kappa shape index (κ1) is 9.26. The maximum absolute atomic E-state index is 9.95. The summed E-state index contributed by atoms with van der Waals surface area (Å²) in [6, 6.07) is 0. The molecule has 0 aliphatic heterocycles. The van der Waals surface area contributed by atoms with Gasteiger partial charge in [-0.2, -0.15) is 0 Å². The minimum absolute atomic E-state index is 0.0311. The van der Waals surface area contributed by atoms with Gasteiger partial charge in [-0.3, -0.25) is 4.79 Å². The van der Waals surface area contributed by atoms with E-state index in [9.17, 15) is 4.79 Å². The van der Waals surface area contributed by atoms with Gasteiger partial charge in [-0.25, -0.2) is 4.99 Å². The van der Waals surface area contributed by atoms with Crippen molar-refractivity contribution in [3.8, 4) is 0 Å². The fourth-order valence-electron chi connectivity index (χ4n) is 0.323. The molecule has 0 saturated carbocycles. The number of nitrogens with one attached hydrogen (secondary N) is 1. The van der Waals surface area contributed by atoms with E-state index in [0.29, 0.717) is 0 Å². The highest BCUT2D eigenvalue weighted by atomic mass is 16.4. The molecule has 5 nitrogen and oxygen atoms in total. The van der Waals surface area contributed by atoms with E-state index in [2.05, 4.69) is 22.6 Å². The van der Waals surface area contributed by atoms with Crippen molar-refractivity contribution in [1.29, 1.82) is 0 Å². The van der Waals surface area contributed by atoms with Crippen molar-refractivity contribution in [3.63, 3.8) is 0 Å². The summed E-state index contributed by atoms with van der Waals surface area (Å²) in [7, 11) is 0.